The van der Waals surface area contributed by atoms with Gasteiger partial charge in [0.15, 0.2) is 11.5 Å². The first-order chi connectivity index (χ1) is 10.1. The van der Waals surface area contributed by atoms with Gasteiger partial charge in [-0.3, -0.25) is 4.79 Å². The summed E-state index contributed by atoms with van der Waals surface area (Å²) in [5.74, 6) is 1.44. The lowest BCUT2D eigenvalue weighted by molar-refractivity contribution is 0.0616. The highest BCUT2D eigenvalue weighted by molar-refractivity contribution is 5.95. The number of nitrogens with zero attached hydrogens (tertiary/aromatic N) is 1. The van der Waals surface area contributed by atoms with Crippen molar-refractivity contribution >= 4 is 5.91 Å². The Bertz CT molecular complexity index is 536. The van der Waals surface area contributed by atoms with Gasteiger partial charge in [-0.15, -0.1) is 0 Å². The van der Waals surface area contributed by atoms with Crippen molar-refractivity contribution in [1.82, 2.24) is 4.90 Å². The van der Waals surface area contributed by atoms with Crippen molar-refractivity contribution < 1.29 is 14.3 Å². The second kappa shape index (κ2) is 5.56. The third-order valence-corrected chi connectivity index (χ3v) is 4.54. The van der Waals surface area contributed by atoms with Crippen LogP contribution in [-0.2, 0) is 0 Å². The Hall–Kier alpha value is -1.75. The van der Waals surface area contributed by atoms with Crippen molar-refractivity contribution in [2.24, 2.45) is 11.1 Å². The molecule has 0 saturated carbocycles. The fourth-order valence-electron chi connectivity index (χ4n) is 2.81. The number of ether oxygens (including phenoxy) is 2. The van der Waals surface area contributed by atoms with E-state index in [1.54, 1.807) is 6.07 Å². The first-order valence-corrected chi connectivity index (χ1v) is 7.50. The largest absolute Gasteiger partial charge is 0.486 e. The van der Waals surface area contributed by atoms with Crippen LogP contribution >= 0.6 is 0 Å². The van der Waals surface area contributed by atoms with Gasteiger partial charge in [0.1, 0.15) is 13.2 Å². The highest BCUT2D eigenvalue weighted by Crippen LogP contribution is 2.33. The minimum Gasteiger partial charge on any atom is -0.486 e. The molecular weight excluding hydrogens is 268 g/mol. The van der Waals surface area contributed by atoms with E-state index in [0.29, 0.717) is 36.8 Å². The van der Waals surface area contributed by atoms with Gasteiger partial charge in [0.25, 0.3) is 5.91 Å². The molecular formula is C16H22N2O3. The van der Waals surface area contributed by atoms with Crippen molar-refractivity contribution in [2.75, 3.05) is 32.8 Å². The molecule has 2 aliphatic heterocycles. The summed E-state index contributed by atoms with van der Waals surface area (Å²) < 4.78 is 11.0. The summed E-state index contributed by atoms with van der Waals surface area (Å²) in [6.07, 6.45) is 1.92. The number of amides is 1. The number of carbonyl (C=O) groups excluding carboxylic acids is 1. The highest BCUT2D eigenvalue weighted by atomic mass is 16.6. The van der Waals surface area contributed by atoms with Gasteiger partial charge in [-0.25, -0.2) is 0 Å². The molecule has 0 spiro atoms. The molecule has 0 bridgehead atoms. The molecule has 3 rings (SSSR count). The van der Waals surface area contributed by atoms with Gasteiger partial charge in [-0.2, -0.15) is 0 Å². The first-order valence-electron chi connectivity index (χ1n) is 7.50. The van der Waals surface area contributed by atoms with Crippen molar-refractivity contribution in [3.8, 4) is 11.5 Å². The summed E-state index contributed by atoms with van der Waals surface area (Å²) in [7, 11) is 0. The zero-order valence-corrected chi connectivity index (χ0v) is 12.4. The minimum atomic E-state index is 0.0612. The Balaban J connectivity index is 1.71. The molecule has 2 heterocycles. The number of rotatable bonds is 2. The number of likely N-dealkylation sites (tertiary alicyclic amines) is 1. The van der Waals surface area contributed by atoms with Crippen LogP contribution in [0.3, 0.4) is 0 Å². The monoisotopic (exact) mass is 290 g/mol. The molecule has 2 N–H and O–H groups in total. The molecule has 0 aromatic heterocycles. The van der Waals surface area contributed by atoms with Gasteiger partial charge in [-0.05, 0) is 43.0 Å². The lowest BCUT2D eigenvalue weighted by Crippen LogP contribution is -2.44. The fraction of sp³-hybridized carbons (Fsp3) is 0.562. The number of piperidine rings is 1. The van der Waals surface area contributed by atoms with Gasteiger partial charge < -0.3 is 20.1 Å². The molecule has 1 aromatic carbocycles. The van der Waals surface area contributed by atoms with Crippen molar-refractivity contribution in [2.45, 2.75) is 19.8 Å². The van der Waals surface area contributed by atoms with E-state index in [0.717, 1.165) is 25.9 Å². The summed E-state index contributed by atoms with van der Waals surface area (Å²) in [4.78, 5) is 14.5. The molecule has 2 aliphatic rings. The molecule has 5 nitrogen and oxygen atoms in total. The van der Waals surface area contributed by atoms with Crippen LogP contribution in [0.5, 0.6) is 11.5 Å². The number of hydrogen-bond acceptors (Lipinski definition) is 4. The molecule has 0 radical (unpaired) electrons. The third-order valence-electron chi connectivity index (χ3n) is 4.54. The van der Waals surface area contributed by atoms with E-state index < -0.39 is 0 Å². The Morgan fingerprint density at radius 2 is 1.90 bits per heavy atom. The molecule has 1 fully saturated rings. The van der Waals surface area contributed by atoms with E-state index in [4.69, 9.17) is 15.2 Å². The number of hydrogen-bond donors (Lipinski definition) is 1. The molecule has 0 unspecified atom stereocenters. The van der Waals surface area contributed by atoms with E-state index in [1.807, 2.05) is 17.0 Å². The quantitative estimate of drug-likeness (QED) is 0.899. The van der Waals surface area contributed by atoms with Crippen LogP contribution in [0.4, 0.5) is 0 Å². The van der Waals surface area contributed by atoms with Gasteiger partial charge in [0.2, 0.25) is 0 Å². The average molecular weight is 290 g/mol. The molecule has 5 heteroatoms. The Labute approximate surface area is 125 Å². The third kappa shape index (κ3) is 2.83. The molecule has 1 saturated heterocycles. The second-order valence-corrected chi connectivity index (χ2v) is 6.17. The van der Waals surface area contributed by atoms with Crippen LogP contribution in [0.1, 0.15) is 30.1 Å². The topological polar surface area (TPSA) is 64.8 Å². The van der Waals surface area contributed by atoms with Crippen molar-refractivity contribution in [3.05, 3.63) is 23.8 Å². The van der Waals surface area contributed by atoms with Crippen LogP contribution < -0.4 is 15.2 Å². The predicted octanol–water partition coefficient (Wildman–Crippen LogP) is 1.66. The van der Waals surface area contributed by atoms with Gasteiger partial charge in [0, 0.05) is 18.7 Å². The average Bonchev–Trinajstić information content (AvgIpc) is 2.54. The molecule has 21 heavy (non-hydrogen) atoms. The lowest BCUT2D eigenvalue weighted by Gasteiger charge is -2.38. The number of carbonyl (C=O) groups is 1. The summed E-state index contributed by atoms with van der Waals surface area (Å²) >= 11 is 0. The van der Waals surface area contributed by atoms with Crippen LogP contribution in [-0.4, -0.2) is 43.7 Å². The van der Waals surface area contributed by atoms with E-state index in [2.05, 4.69) is 6.92 Å². The highest BCUT2D eigenvalue weighted by Gasteiger charge is 2.31. The molecule has 0 atom stereocenters. The van der Waals surface area contributed by atoms with Crippen molar-refractivity contribution in [3.63, 3.8) is 0 Å². The maximum atomic E-state index is 12.6. The van der Waals surface area contributed by atoms with Crippen LogP contribution in [0, 0.1) is 5.41 Å². The van der Waals surface area contributed by atoms with Gasteiger partial charge >= 0.3 is 0 Å². The zero-order chi connectivity index (χ0) is 14.9. The maximum absolute atomic E-state index is 12.6. The van der Waals surface area contributed by atoms with E-state index in [9.17, 15) is 4.79 Å². The summed E-state index contributed by atoms with van der Waals surface area (Å²) in [5, 5.41) is 0. The van der Waals surface area contributed by atoms with Crippen LogP contribution in [0.25, 0.3) is 0 Å². The number of nitrogens with two attached hydrogens (primary N) is 1. The predicted molar refractivity (Wildman–Crippen MR) is 79.7 cm³/mol. The van der Waals surface area contributed by atoms with Crippen LogP contribution in [0.15, 0.2) is 18.2 Å². The van der Waals surface area contributed by atoms with E-state index in [-0.39, 0.29) is 11.3 Å². The van der Waals surface area contributed by atoms with E-state index >= 15 is 0 Å². The molecule has 0 aliphatic carbocycles. The normalized spacial score (nSPS) is 20.2. The SMILES string of the molecule is CC1(CN)CCN(C(=O)c2ccc3c(c2)OCCO3)CC1. The molecule has 1 amide bonds. The second-order valence-electron chi connectivity index (χ2n) is 6.17. The Kier molecular flexibility index (Phi) is 3.76. The van der Waals surface area contributed by atoms with Gasteiger partial charge in [-0.1, -0.05) is 6.92 Å². The number of fused-ring (bicyclic) bond motifs is 1. The smallest absolute Gasteiger partial charge is 0.253 e. The zero-order valence-electron chi connectivity index (χ0n) is 12.4. The molecule has 1 aromatic rings. The lowest BCUT2D eigenvalue weighted by atomic mass is 9.80. The van der Waals surface area contributed by atoms with Crippen LogP contribution in [0.2, 0.25) is 0 Å². The Morgan fingerprint density at radius 1 is 1.24 bits per heavy atom. The number of benzene rings is 1. The summed E-state index contributed by atoms with van der Waals surface area (Å²) in [6.45, 7) is 5.49. The minimum absolute atomic E-state index is 0.0612. The standard InChI is InChI=1S/C16H22N2O3/c1-16(11-17)4-6-18(7-5-16)15(19)12-2-3-13-14(10-12)21-9-8-20-13/h2-3,10H,4-9,11,17H2,1H3. The van der Waals surface area contributed by atoms with Crippen molar-refractivity contribution in [1.29, 1.82) is 0 Å². The molecule has 114 valence electrons. The fourth-order valence-corrected chi connectivity index (χ4v) is 2.81. The maximum Gasteiger partial charge on any atom is 0.253 e. The van der Waals surface area contributed by atoms with Gasteiger partial charge in [0.05, 0.1) is 0 Å². The summed E-state index contributed by atoms with van der Waals surface area (Å²) in [5.41, 5.74) is 6.65. The Morgan fingerprint density at radius 3 is 2.57 bits per heavy atom. The van der Waals surface area contributed by atoms with E-state index in [1.165, 1.54) is 0 Å². The first kappa shape index (κ1) is 14.2. The summed E-state index contributed by atoms with van der Waals surface area (Å²) in [6, 6.07) is 5.41.